The van der Waals surface area contributed by atoms with Gasteiger partial charge in [0.25, 0.3) is 5.91 Å². The maximum Gasteiger partial charge on any atom is 0.260 e. The van der Waals surface area contributed by atoms with Gasteiger partial charge in [-0.2, -0.15) is 0 Å². The van der Waals surface area contributed by atoms with Crippen LogP contribution in [0.1, 0.15) is 52.2 Å². The number of carbonyl (C=O) groups is 1. The van der Waals surface area contributed by atoms with Crippen LogP contribution in [0.3, 0.4) is 0 Å². The van der Waals surface area contributed by atoms with Gasteiger partial charge in [-0.25, -0.2) is 4.39 Å². The second-order valence-electron chi connectivity index (χ2n) is 5.32. The molecule has 0 heterocycles. The van der Waals surface area contributed by atoms with E-state index in [2.05, 4.69) is 12.2 Å². The molecule has 0 saturated carbocycles. The zero-order valence-electron chi connectivity index (χ0n) is 13.0. The van der Waals surface area contributed by atoms with Gasteiger partial charge in [-0.3, -0.25) is 4.79 Å². The van der Waals surface area contributed by atoms with E-state index in [1.807, 2.05) is 6.92 Å². The van der Waals surface area contributed by atoms with Crippen molar-refractivity contribution >= 4 is 5.91 Å². The average molecular weight is 297 g/mol. The van der Waals surface area contributed by atoms with Crippen LogP contribution < -0.4 is 10.1 Å². The Kier molecular flexibility index (Phi) is 6.62. The van der Waals surface area contributed by atoms with Gasteiger partial charge in [-0.05, 0) is 45.4 Å². The van der Waals surface area contributed by atoms with Gasteiger partial charge in [-0.1, -0.05) is 13.3 Å². The largest absolute Gasteiger partial charge is 0.481 e. The predicted molar refractivity (Wildman–Crippen MR) is 79.6 cm³/mol. The third-order valence-corrected chi connectivity index (χ3v) is 3.21. The summed E-state index contributed by atoms with van der Waals surface area (Å²) < 4.78 is 18.8. The first-order valence-electron chi connectivity index (χ1n) is 7.29. The molecule has 3 atom stereocenters. The third kappa shape index (κ3) is 5.34. The highest BCUT2D eigenvalue weighted by atomic mass is 19.1. The second kappa shape index (κ2) is 7.98. The number of amides is 1. The van der Waals surface area contributed by atoms with Crippen molar-refractivity contribution in [3.63, 3.8) is 0 Å². The molecule has 0 radical (unpaired) electrons. The van der Waals surface area contributed by atoms with Gasteiger partial charge in [0, 0.05) is 11.6 Å². The number of ether oxygens (including phenoxy) is 1. The summed E-state index contributed by atoms with van der Waals surface area (Å²) in [5.74, 6) is -0.360. The third-order valence-electron chi connectivity index (χ3n) is 3.21. The highest BCUT2D eigenvalue weighted by Gasteiger charge is 2.19. The second-order valence-corrected chi connectivity index (χ2v) is 5.32. The smallest absolute Gasteiger partial charge is 0.260 e. The Morgan fingerprint density at radius 3 is 2.62 bits per heavy atom. The first-order chi connectivity index (χ1) is 9.85. The lowest BCUT2D eigenvalue weighted by Gasteiger charge is -2.20. The summed E-state index contributed by atoms with van der Waals surface area (Å²) in [6.45, 7) is 7.14. The molecule has 0 spiro atoms. The molecule has 0 aliphatic heterocycles. The number of aliphatic hydroxyl groups excluding tert-OH is 1. The first-order valence-corrected chi connectivity index (χ1v) is 7.29. The number of benzene rings is 1. The monoisotopic (exact) mass is 297 g/mol. The number of halogens is 1. The molecule has 5 heteroatoms. The molecule has 2 unspecified atom stereocenters. The predicted octanol–water partition coefficient (Wildman–Crippen LogP) is 2.95. The Morgan fingerprint density at radius 2 is 2.05 bits per heavy atom. The first kappa shape index (κ1) is 17.4. The van der Waals surface area contributed by atoms with Crippen LogP contribution in [0.25, 0.3) is 0 Å². The highest BCUT2D eigenvalue weighted by Crippen LogP contribution is 2.26. The number of carbonyl (C=O) groups excluding carboxylic acids is 1. The fraction of sp³-hybridized carbons (Fsp3) is 0.562. The molecule has 0 aliphatic carbocycles. The van der Waals surface area contributed by atoms with Crippen molar-refractivity contribution in [2.45, 2.75) is 58.8 Å². The van der Waals surface area contributed by atoms with Crippen molar-refractivity contribution < 1.29 is 19.0 Å². The lowest BCUT2D eigenvalue weighted by atomic mass is 10.1. The van der Waals surface area contributed by atoms with E-state index in [1.54, 1.807) is 6.92 Å². The molecule has 118 valence electrons. The molecule has 21 heavy (non-hydrogen) atoms. The van der Waals surface area contributed by atoms with E-state index in [4.69, 9.17) is 4.74 Å². The average Bonchev–Trinajstić information content (AvgIpc) is 2.40. The van der Waals surface area contributed by atoms with Crippen LogP contribution in [0.4, 0.5) is 4.39 Å². The fourth-order valence-corrected chi connectivity index (χ4v) is 2.06. The summed E-state index contributed by atoms with van der Waals surface area (Å²) in [4.78, 5) is 12.0. The fourth-order valence-electron chi connectivity index (χ4n) is 2.06. The number of aliphatic hydroxyl groups is 1. The Labute approximate surface area is 125 Å². The van der Waals surface area contributed by atoms with E-state index in [1.165, 1.54) is 25.1 Å². The minimum atomic E-state index is -0.870. The molecule has 1 rings (SSSR count). The maximum absolute atomic E-state index is 13.2. The molecule has 1 amide bonds. The van der Waals surface area contributed by atoms with E-state index in [0.29, 0.717) is 11.3 Å². The van der Waals surface area contributed by atoms with Crippen LogP contribution >= 0.6 is 0 Å². The van der Waals surface area contributed by atoms with E-state index in [9.17, 15) is 14.3 Å². The maximum atomic E-state index is 13.2. The number of rotatable bonds is 7. The van der Waals surface area contributed by atoms with Crippen molar-refractivity contribution in [3.8, 4) is 5.75 Å². The molecule has 1 aromatic rings. The van der Waals surface area contributed by atoms with Crippen LogP contribution in [0.2, 0.25) is 0 Å². The number of hydrogen-bond donors (Lipinski definition) is 2. The molecule has 0 aromatic heterocycles. The quantitative estimate of drug-likeness (QED) is 0.813. The molecular formula is C16H24FNO3. The Balaban J connectivity index is 2.74. The molecule has 0 aliphatic rings. The number of nitrogens with one attached hydrogen (secondary N) is 1. The minimum Gasteiger partial charge on any atom is -0.481 e. The molecular weight excluding hydrogens is 273 g/mol. The Morgan fingerprint density at radius 1 is 1.38 bits per heavy atom. The summed E-state index contributed by atoms with van der Waals surface area (Å²) in [7, 11) is 0. The van der Waals surface area contributed by atoms with Crippen molar-refractivity contribution in [2.75, 3.05) is 0 Å². The van der Waals surface area contributed by atoms with E-state index >= 15 is 0 Å². The van der Waals surface area contributed by atoms with Crippen LogP contribution in [0, 0.1) is 5.82 Å². The van der Waals surface area contributed by atoms with Gasteiger partial charge < -0.3 is 15.2 Å². The van der Waals surface area contributed by atoms with Gasteiger partial charge in [0.05, 0.1) is 6.10 Å². The molecule has 0 saturated heterocycles. The van der Waals surface area contributed by atoms with Crippen LogP contribution in [-0.4, -0.2) is 23.2 Å². The number of hydrogen-bond acceptors (Lipinski definition) is 3. The van der Waals surface area contributed by atoms with Gasteiger partial charge in [-0.15, -0.1) is 0 Å². The topological polar surface area (TPSA) is 58.6 Å². The van der Waals surface area contributed by atoms with Crippen LogP contribution in [0.5, 0.6) is 5.75 Å². The van der Waals surface area contributed by atoms with Crippen molar-refractivity contribution in [3.05, 3.63) is 29.6 Å². The molecule has 0 fully saturated rings. The van der Waals surface area contributed by atoms with E-state index in [-0.39, 0.29) is 11.9 Å². The van der Waals surface area contributed by atoms with E-state index < -0.39 is 18.0 Å². The Hall–Kier alpha value is -1.62. The summed E-state index contributed by atoms with van der Waals surface area (Å²) in [5.41, 5.74) is 0.330. The SMILES string of the molecule is CCCC(C)NC(=O)C(C)Oc1ccc(F)cc1[C@@H](C)O. The van der Waals surface area contributed by atoms with Crippen LogP contribution in [-0.2, 0) is 4.79 Å². The van der Waals surface area contributed by atoms with E-state index in [0.717, 1.165) is 12.8 Å². The summed E-state index contributed by atoms with van der Waals surface area (Å²) in [6.07, 6.45) is 0.298. The van der Waals surface area contributed by atoms with Crippen molar-refractivity contribution in [1.82, 2.24) is 5.32 Å². The van der Waals surface area contributed by atoms with Crippen molar-refractivity contribution in [2.24, 2.45) is 0 Å². The molecule has 4 nitrogen and oxygen atoms in total. The molecule has 1 aromatic carbocycles. The normalized spacial score (nSPS) is 15.1. The standard InChI is InChI=1S/C16H24FNO3/c1-5-6-10(2)18-16(20)12(4)21-15-8-7-13(17)9-14(15)11(3)19/h7-12,19H,5-6H2,1-4H3,(H,18,20)/t10?,11-,12?/m1/s1. The molecule has 2 N–H and O–H groups in total. The van der Waals surface area contributed by atoms with Crippen molar-refractivity contribution in [1.29, 1.82) is 0 Å². The zero-order valence-corrected chi connectivity index (χ0v) is 13.0. The van der Waals surface area contributed by atoms with Gasteiger partial charge >= 0.3 is 0 Å². The van der Waals surface area contributed by atoms with Gasteiger partial charge in [0.1, 0.15) is 11.6 Å². The van der Waals surface area contributed by atoms with Gasteiger partial charge in [0.15, 0.2) is 6.10 Å². The summed E-state index contributed by atoms with van der Waals surface area (Å²) in [6, 6.07) is 3.96. The minimum absolute atomic E-state index is 0.0815. The zero-order chi connectivity index (χ0) is 16.0. The summed E-state index contributed by atoms with van der Waals surface area (Å²) >= 11 is 0. The molecule has 0 bridgehead atoms. The highest BCUT2D eigenvalue weighted by molar-refractivity contribution is 5.81. The van der Waals surface area contributed by atoms with Gasteiger partial charge in [0.2, 0.25) is 0 Å². The summed E-state index contributed by atoms with van der Waals surface area (Å²) in [5, 5.41) is 12.5. The van der Waals surface area contributed by atoms with Crippen LogP contribution in [0.15, 0.2) is 18.2 Å². The Bertz CT molecular complexity index is 477. The lowest BCUT2D eigenvalue weighted by molar-refractivity contribution is -0.128. The lowest BCUT2D eigenvalue weighted by Crippen LogP contribution is -2.41.